The third kappa shape index (κ3) is 4.80. The van der Waals surface area contributed by atoms with Gasteiger partial charge in [-0.2, -0.15) is 4.98 Å². The molecule has 34 heavy (non-hydrogen) atoms. The molecule has 0 radical (unpaired) electrons. The van der Waals surface area contributed by atoms with Crippen molar-refractivity contribution in [3.8, 4) is 0 Å². The van der Waals surface area contributed by atoms with E-state index in [1.54, 1.807) is 23.7 Å². The van der Waals surface area contributed by atoms with Crippen molar-refractivity contribution in [3.63, 3.8) is 0 Å². The highest BCUT2D eigenvalue weighted by molar-refractivity contribution is 6.35. The van der Waals surface area contributed by atoms with Crippen molar-refractivity contribution >= 4 is 45.7 Å². The lowest BCUT2D eigenvalue weighted by molar-refractivity contribution is 0.0799. The zero-order valence-electron chi connectivity index (χ0n) is 19.5. The molecule has 2 heterocycles. The fourth-order valence-electron chi connectivity index (χ4n) is 3.62. The van der Waals surface area contributed by atoms with Crippen LogP contribution < -0.4 is 22.3 Å². The summed E-state index contributed by atoms with van der Waals surface area (Å²) in [7, 11) is 1.58. The quantitative estimate of drug-likeness (QED) is 0.346. The normalized spacial score (nSPS) is 12.8. The molecule has 0 spiro atoms. The lowest BCUT2D eigenvalue weighted by atomic mass is 10.1. The minimum atomic E-state index is -0.458. The Balaban J connectivity index is 2.21. The van der Waals surface area contributed by atoms with E-state index >= 15 is 0 Å². The summed E-state index contributed by atoms with van der Waals surface area (Å²) in [5.74, 6) is -0.112. The highest BCUT2D eigenvalue weighted by atomic mass is 35.5. The molecule has 0 saturated carbocycles. The minimum Gasteiger partial charge on any atom is -0.368 e. The molecule has 1 amide bonds. The van der Waals surface area contributed by atoms with Gasteiger partial charge in [0.25, 0.3) is 11.5 Å². The van der Waals surface area contributed by atoms with E-state index in [2.05, 4.69) is 15.3 Å². The number of rotatable bonds is 7. The molecule has 0 fully saturated rings. The number of hydrogen-bond acceptors (Lipinski definition) is 7. The van der Waals surface area contributed by atoms with Crippen LogP contribution in [0.1, 0.15) is 42.9 Å². The second-order valence-corrected chi connectivity index (χ2v) is 8.08. The number of pyridine rings is 1. The number of fused-ring (bicyclic) bond motifs is 1. The molecule has 0 aliphatic heterocycles. The first kappa shape index (κ1) is 24.9. The summed E-state index contributed by atoms with van der Waals surface area (Å²) in [6.45, 7) is 5.62. The van der Waals surface area contributed by atoms with Crippen LogP contribution in [0.25, 0.3) is 16.5 Å². The third-order valence-electron chi connectivity index (χ3n) is 5.37. The number of carbonyl (C=O) groups excluding carboxylic acids is 1. The first-order chi connectivity index (χ1) is 16.2. The molecular formula is C24H28ClN7O2. The number of carbonyl (C=O) groups is 1. The monoisotopic (exact) mass is 481 g/mol. The molecule has 0 bridgehead atoms. The lowest BCUT2D eigenvalue weighted by Crippen LogP contribution is -2.33. The maximum atomic E-state index is 13.6. The van der Waals surface area contributed by atoms with Gasteiger partial charge in [-0.15, -0.1) is 0 Å². The van der Waals surface area contributed by atoms with Gasteiger partial charge in [-0.3, -0.25) is 14.2 Å². The van der Waals surface area contributed by atoms with Gasteiger partial charge in [-0.1, -0.05) is 35.9 Å². The van der Waals surface area contributed by atoms with E-state index < -0.39 is 6.04 Å². The second kappa shape index (κ2) is 10.5. The van der Waals surface area contributed by atoms with Crippen LogP contribution in [-0.4, -0.2) is 39.1 Å². The SMILES string of the molecule is C/C=C\C(=C/C)n1c([C@H](C)Nc2nc(N)ncc2C(=O)N(C)CN)cc2cccc(Cl)c2c1=O. The molecule has 10 heteroatoms. The Morgan fingerprint density at radius 1 is 1.35 bits per heavy atom. The summed E-state index contributed by atoms with van der Waals surface area (Å²) in [6, 6.07) is 6.76. The molecule has 2 aromatic heterocycles. The van der Waals surface area contributed by atoms with Crippen molar-refractivity contribution in [1.29, 1.82) is 0 Å². The highest BCUT2D eigenvalue weighted by Crippen LogP contribution is 2.28. The van der Waals surface area contributed by atoms with E-state index in [9.17, 15) is 9.59 Å². The van der Waals surface area contributed by atoms with E-state index in [0.717, 1.165) is 0 Å². The van der Waals surface area contributed by atoms with E-state index in [-0.39, 0.29) is 35.5 Å². The number of nitrogens with one attached hydrogen (secondary N) is 1. The number of nitrogens with zero attached hydrogens (tertiary/aromatic N) is 4. The maximum absolute atomic E-state index is 13.6. The van der Waals surface area contributed by atoms with Crippen LogP contribution in [0, 0.1) is 0 Å². The van der Waals surface area contributed by atoms with Crippen molar-refractivity contribution in [2.45, 2.75) is 26.8 Å². The fourth-order valence-corrected chi connectivity index (χ4v) is 3.89. The zero-order chi connectivity index (χ0) is 25.0. The molecule has 0 aliphatic carbocycles. The van der Waals surface area contributed by atoms with Gasteiger partial charge in [-0.25, -0.2) is 4.98 Å². The molecule has 0 unspecified atom stereocenters. The van der Waals surface area contributed by atoms with E-state index in [0.29, 0.717) is 27.2 Å². The Hall–Kier alpha value is -3.69. The van der Waals surface area contributed by atoms with Gasteiger partial charge >= 0.3 is 0 Å². The molecule has 0 aliphatic rings. The number of nitrogen functional groups attached to an aromatic ring is 1. The first-order valence-electron chi connectivity index (χ1n) is 10.7. The minimum absolute atomic E-state index is 0.00685. The van der Waals surface area contributed by atoms with Crippen LogP contribution in [-0.2, 0) is 0 Å². The van der Waals surface area contributed by atoms with Crippen molar-refractivity contribution in [3.05, 3.63) is 75.3 Å². The summed E-state index contributed by atoms with van der Waals surface area (Å²) < 4.78 is 1.60. The highest BCUT2D eigenvalue weighted by Gasteiger charge is 2.22. The van der Waals surface area contributed by atoms with Gasteiger partial charge in [-0.05, 0) is 44.4 Å². The fraction of sp³-hybridized carbons (Fsp3) is 0.250. The van der Waals surface area contributed by atoms with Gasteiger partial charge in [0, 0.05) is 24.6 Å². The Labute approximate surface area is 202 Å². The Morgan fingerprint density at radius 2 is 2.09 bits per heavy atom. The van der Waals surface area contributed by atoms with Gasteiger partial charge in [0.05, 0.1) is 23.1 Å². The number of benzene rings is 1. The largest absolute Gasteiger partial charge is 0.368 e. The standard InChI is InChI=1S/C24H28ClN7O2/c1-5-8-16(6-2)32-19(11-15-9-7-10-18(25)20(15)23(32)34)14(3)29-21-17(12-28-24(27)30-21)22(33)31(4)13-26/h5-12,14H,13,26H2,1-4H3,(H3,27,28,29,30)/b8-5-,16-6+/t14-/m0/s1. The second-order valence-electron chi connectivity index (χ2n) is 7.67. The van der Waals surface area contributed by atoms with Crippen LogP contribution in [0.15, 0.2) is 53.5 Å². The Kier molecular flexibility index (Phi) is 7.70. The molecule has 3 aromatic rings. The van der Waals surface area contributed by atoms with Crippen LogP contribution in [0.3, 0.4) is 0 Å². The Bertz CT molecular complexity index is 1350. The number of hydrogen-bond donors (Lipinski definition) is 3. The summed E-state index contributed by atoms with van der Waals surface area (Å²) in [4.78, 5) is 35.9. The van der Waals surface area contributed by atoms with Gasteiger partial charge < -0.3 is 21.7 Å². The Morgan fingerprint density at radius 3 is 2.74 bits per heavy atom. The predicted octanol–water partition coefficient (Wildman–Crippen LogP) is 3.63. The number of anilines is 2. The van der Waals surface area contributed by atoms with E-state index in [4.69, 9.17) is 23.1 Å². The van der Waals surface area contributed by atoms with Gasteiger partial charge in [0.1, 0.15) is 11.4 Å². The number of halogens is 1. The smallest absolute Gasteiger partial charge is 0.264 e. The maximum Gasteiger partial charge on any atom is 0.264 e. The first-order valence-corrected chi connectivity index (χ1v) is 11.1. The number of nitrogens with two attached hydrogens (primary N) is 2. The van der Waals surface area contributed by atoms with Crippen molar-refractivity contribution in [2.75, 3.05) is 24.8 Å². The third-order valence-corrected chi connectivity index (χ3v) is 5.69. The van der Waals surface area contributed by atoms with Crippen LogP contribution in [0.5, 0.6) is 0 Å². The topological polar surface area (TPSA) is 132 Å². The van der Waals surface area contributed by atoms with Crippen LogP contribution >= 0.6 is 11.6 Å². The summed E-state index contributed by atoms with van der Waals surface area (Å²) >= 11 is 6.39. The summed E-state index contributed by atoms with van der Waals surface area (Å²) in [5.41, 5.74) is 12.7. The molecule has 5 N–H and O–H groups in total. The van der Waals surface area contributed by atoms with E-state index in [1.165, 1.54) is 11.1 Å². The number of allylic oxidation sites excluding steroid dienone is 4. The average Bonchev–Trinajstić information content (AvgIpc) is 2.81. The van der Waals surface area contributed by atoms with Crippen molar-refractivity contribution in [2.24, 2.45) is 5.73 Å². The predicted molar refractivity (Wildman–Crippen MR) is 138 cm³/mol. The van der Waals surface area contributed by atoms with Gasteiger partial charge in [0.2, 0.25) is 5.95 Å². The van der Waals surface area contributed by atoms with Crippen molar-refractivity contribution < 1.29 is 4.79 Å². The molecule has 9 nitrogen and oxygen atoms in total. The summed E-state index contributed by atoms with van der Waals surface area (Å²) in [5, 5.41) is 4.74. The van der Waals surface area contributed by atoms with Crippen LogP contribution in [0.2, 0.25) is 5.02 Å². The molecule has 1 aromatic carbocycles. The molecule has 178 valence electrons. The molecule has 1 atom stereocenters. The number of aromatic nitrogens is 3. The molecular weight excluding hydrogens is 454 g/mol. The molecule has 3 rings (SSSR count). The van der Waals surface area contributed by atoms with Gasteiger partial charge in [0.15, 0.2) is 0 Å². The van der Waals surface area contributed by atoms with Crippen LogP contribution in [0.4, 0.5) is 11.8 Å². The molecule has 0 saturated heterocycles. The lowest BCUT2D eigenvalue weighted by Gasteiger charge is -2.23. The average molecular weight is 482 g/mol. The van der Waals surface area contributed by atoms with E-state index in [1.807, 2.05) is 51.1 Å². The summed E-state index contributed by atoms with van der Waals surface area (Å²) in [6.07, 6.45) is 6.89. The number of amides is 1. The van der Waals surface area contributed by atoms with Crippen molar-refractivity contribution in [1.82, 2.24) is 19.4 Å². The zero-order valence-corrected chi connectivity index (χ0v) is 20.3.